The molecule has 0 aromatic rings. The third-order valence-corrected chi connectivity index (χ3v) is 9.77. The van der Waals surface area contributed by atoms with E-state index in [0.717, 1.165) is 38.8 Å². The van der Waals surface area contributed by atoms with E-state index in [1.165, 1.54) is 141 Å². The number of nitrogens with zero attached hydrogens (tertiary/aromatic N) is 1. The Kier molecular flexibility index (Phi) is 24.8. The number of piperidine rings is 1. The lowest BCUT2D eigenvalue weighted by Gasteiger charge is -2.36. The Morgan fingerprint density at radius 3 is 1.24 bits per heavy atom. The van der Waals surface area contributed by atoms with E-state index >= 15 is 0 Å². The number of ether oxygens (including phenoxy) is 2. The van der Waals surface area contributed by atoms with E-state index in [-0.39, 0.29) is 5.79 Å². The van der Waals surface area contributed by atoms with Crippen molar-refractivity contribution in [1.29, 1.82) is 0 Å². The molecule has 3 nitrogen and oxygen atoms in total. The highest BCUT2D eigenvalue weighted by molar-refractivity contribution is 4.94. The molecule has 2 rings (SSSR count). The van der Waals surface area contributed by atoms with Crippen molar-refractivity contribution in [3.8, 4) is 0 Å². The summed E-state index contributed by atoms with van der Waals surface area (Å²) in [4.78, 5) is 2.42. The number of rotatable bonds is 28. The smallest absolute Gasteiger partial charge is 0.171 e. The maximum absolute atomic E-state index is 6.77. The van der Waals surface area contributed by atoms with Crippen molar-refractivity contribution < 1.29 is 9.47 Å². The third-order valence-electron chi connectivity index (χ3n) is 9.77. The first kappa shape index (κ1) is 40.0. The van der Waals surface area contributed by atoms with Gasteiger partial charge in [0.25, 0.3) is 0 Å². The summed E-state index contributed by atoms with van der Waals surface area (Å²) in [5, 5.41) is 0. The molecule has 2 fully saturated rings. The average Bonchev–Trinajstić information content (AvgIpc) is 3.39. The van der Waals surface area contributed by atoms with Crippen LogP contribution in [0.15, 0.2) is 48.6 Å². The quantitative estimate of drug-likeness (QED) is 0.0638. The molecule has 3 heteroatoms. The molecule has 1 spiro atoms. The van der Waals surface area contributed by atoms with Crippen LogP contribution in [0.1, 0.15) is 181 Å². The van der Waals surface area contributed by atoms with E-state index in [9.17, 15) is 0 Å². The van der Waals surface area contributed by atoms with Gasteiger partial charge in [0.15, 0.2) is 5.79 Å². The lowest BCUT2D eigenvalue weighted by atomic mass is 9.99. The molecule has 2 atom stereocenters. The first-order chi connectivity index (χ1) is 22.2. The Bertz CT molecular complexity index is 720. The van der Waals surface area contributed by atoms with Crippen LogP contribution in [-0.2, 0) is 9.47 Å². The van der Waals surface area contributed by atoms with Crippen molar-refractivity contribution in [2.75, 3.05) is 20.1 Å². The molecule has 0 saturated carbocycles. The molecule has 0 aromatic carbocycles. The van der Waals surface area contributed by atoms with Gasteiger partial charge in [-0.3, -0.25) is 0 Å². The topological polar surface area (TPSA) is 21.7 Å². The van der Waals surface area contributed by atoms with E-state index in [1.807, 2.05) is 0 Å². The molecule has 0 bridgehead atoms. The summed E-state index contributed by atoms with van der Waals surface area (Å²) < 4.78 is 13.5. The molecule has 260 valence electrons. The highest BCUT2D eigenvalue weighted by Crippen LogP contribution is 2.40. The number of allylic oxidation sites excluding steroid dienone is 8. The molecule has 2 aliphatic heterocycles. The van der Waals surface area contributed by atoms with E-state index < -0.39 is 0 Å². The van der Waals surface area contributed by atoms with Crippen LogP contribution in [0.25, 0.3) is 0 Å². The van der Waals surface area contributed by atoms with Gasteiger partial charge < -0.3 is 14.4 Å². The molecule has 2 heterocycles. The zero-order valence-corrected chi connectivity index (χ0v) is 30.3. The van der Waals surface area contributed by atoms with Crippen LogP contribution in [0, 0.1) is 0 Å². The van der Waals surface area contributed by atoms with Crippen molar-refractivity contribution >= 4 is 0 Å². The van der Waals surface area contributed by atoms with Gasteiger partial charge in [-0.1, -0.05) is 140 Å². The van der Waals surface area contributed by atoms with Gasteiger partial charge in [0.2, 0.25) is 0 Å². The number of likely N-dealkylation sites (tertiary alicyclic amines) is 1. The van der Waals surface area contributed by atoms with Gasteiger partial charge in [-0.15, -0.1) is 0 Å². The summed E-state index contributed by atoms with van der Waals surface area (Å²) in [5.74, 6) is -0.296. The fraction of sp³-hybridized carbons (Fsp3) is 0.810. The lowest BCUT2D eigenvalue weighted by molar-refractivity contribution is -0.200. The highest BCUT2D eigenvalue weighted by atomic mass is 16.8. The summed E-state index contributed by atoms with van der Waals surface area (Å²) in [6, 6.07) is 0. The lowest BCUT2D eigenvalue weighted by Crippen LogP contribution is -2.44. The fourth-order valence-electron chi connectivity index (χ4n) is 6.73. The monoisotopic (exact) mass is 626 g/mol. The van der Waals surface area contributed by atoms with Crippen molar-refractivity contribution in [3.63, 3.8) is 0 Å². The predicted octanol–water partition coefficient (Wildman–Crippen LogP) is 12.8. The van der Waals surface area contributed by atoms with E-state index in [2.05, 4.69) is 74.4 Å². The van der Waals surface area contributed by atoms with Gasteiger partial charge in [-0.2, -0.15) is 0 Å². The normalized spacial score (nSPS) is 20.8. The van der Waals surface area contributed by atoms with Crippen molar-refractivity contribution in [2.45, 2.75) is 199 Å². The minimum absolute atomic E-state index is 0.296. The molecule has 2 aliphatic rings. The van der Waals surface area contributed by atoms with E-state index in [4.69, 9.17) is 9.47 Å². The van der Waals surface area contributed by atoms with Crippen LogP contribution in [0.2, 0.25) is 0 Å². The summed E-state index contributed by atoms with van der Waals surface area (Å²) in [7, 11) is 2.22. The van der Waals surface area contributed by atoms with Gasteiger partial charge in [0.05, 0.1) is 12.2 Å². The van der Waals surface area contributed by atoms with Crippen LogP contribution in [-0.4, -0.2) is 43.0 Å². The molecule has 0 aromatic heterocycles. The summed E-state index contributed by atoms with van der Waals surface area (Å²) in [6.45, 7) is 6.72. The second kappa shape index (κ2) is 27.9. The Balaban J connectivity index is 1.54. The Labute approximate surface area is 281 Å². The second-order valence-corrected chi connectivity index (χ2v) is 14.1. The van der Waals surface area contributed by atoms with Gasteiger partial charge >= 0.3 is 0 Å². The zero-order valence-electron chi connectivity index (χ0n) is 30.3. The molecule has 0 unspecified atom stereocenters. The van der Waals surface area contributed by atoms with E-state index in [0.29, 0.717) is 12.2 Å². The first-order valence-corrected chi connectivity index (χ1v) is 19.8. The second-order valence-electron chi connectivity index (χ2n) is 14.1. The van der Waals surface area contributed by atoms with Crippen molar-refractivity contribution in [1.82, 2.24) is 4.90 Å². The molecule has 0 amide bonds. The van der Waals surface area contributed by atoms with Gasteiger partial charge in [0, 0.05) is 25.9 Å². The van der Waals surface area contributed by atoms with Crippen LogP contribution >= 0.6 is 0 Å². The SMILES string of the molecule is CCCCC/C=C\C/C=C\CCCCCCC[C@H]1OC2(CCN(C)CC2)O[C@@H]1CCCCCCC/C=C\C/C=C\CCCCC. The van der Waals surface area contributed by atoms with Crippen molar-refractivity contribution in [3.05, 3.63) is 48.6 Å². The van der Waals surface area contributed by atoms with Gasteiger partial charge in [-0.25, -0.2) is 0 Å². The predicted molar refractivity (Wildman–Crippen MR) is 198 cm³/mol. The fourth-order valence-corrected chi connectivity index (χ4v) is 6.73. The molecular formula is C42H75NO2. The zero-order chi connectivity index (χ0) is 32.1. The van der Waals surface area contributed by atoms with Crippen LogP contribution in [0.5, 0.6) is 0 Å². The summed E-state index contributed by atoms with van der Waals surface area (Å²) >= 11 is 0. The van der Waals surface area contributed by atoms with Crippen LogP contribution in [0.4, 0.5) is 0 Å². The Hall–Kier alpha value is -1.16. The van der Waals surface area contributed by atoms with Crippen LogP contribution < -0.4 is 0 Å². The molecule has 2 saturated heterocycles. The standard InChI is InChI=1S/C42H75NO2/c1-4-6-8-10-12-14-16-18-20-22-24-26-28-30-32-34-40-41(45-42(44-40)36-38-43(3)39-37-42)35-33-31-29-27-25-23-21-19-17-15-13-11-9-7-5-2/h12-15,18-21,40-41H,4-11,16-17,22-39H2,1-3H3/b14-12-,15-13-,20-18-,21-19-/t40-,41-/m1/s1. The van der Waals surface area contributed by atoms with Crippen LogP contribution in [0.3, 0.4) is 0 Å². The Morgan fingerprint density at radius 2 is 0.844 bits per heavy atom. The van der Waals surface area contributed by atoms with Gasteiger partial charge in [-0.05, 0) is 84.1 Å². The summed E-state index contributed by atoms with van der Waals surface area (Å²) in [5.41, 5.74) is 0. The molecular weight excluding hydrogens is 550 g/mol. The summed E-state index contributed by atoms with van der Waals surface area (Å²) in [6.07, 6.45) is 52.3. The molecule has 45 heavy (non-hydrogen) atoms. The maximum Gasteiger partial charge on any atom is 0.171 e. The minimum atomic E-state index is -0.296. The molecule has 0 aliphatic carbocycles. The van der Waals surface area contributed by atoms with E-state index in [1.54, 1.807) is 0 Å². The number of unbranched alkanes of at least 4 members (excludes halogenated alkanes) is 16. The largest absolute Gasteiger partial charge is 0.344 e. The van der Waals surface area contributed by atoms with Crippen molar-refractivity contribution in [2.24, 2.45) is 0 Å². The number of hydrogen-bond acceptors (Lipinski definition) is 3. The maximum atomic E-state index is 6.77. The highest BCUT2D eigenvalue weighted by Gasteiger charge is 2.47. The Morgan fingerprint density at radius 1 is 0.489 bits per heavy atom. The first-order valence-electron chi connectivity index (χ1n) is 19.8. The average molecular weight is 626 g/mol. The third kappa shape index (κ3) is 20.6. The number of hydrogen-bond donors (Lipinski definition) is 0. The molecule has 0 radical (unpaired) electrons. The van der Waals surface area contributed by atoms with Gasteiger partial charge in [0.1, 0.15) is 0 Å². The minimum Gasteiger partial charge on any atom is -0.344 e. The molecule has 0 N–H and O–H groups in total.